The molecule has 0 bridgehead atoms. The predicted octanol–water partition coefficient (Wildman–Crippen LogP) is 4.44. The quantitative estimate of drug-likeness (QED) is 0.643. The van der Waals surface area contributed by atoms with E-state index >= 15 is 0 Å². The van der Waals surface area contributed by atoms with Crippen LogP contribution in [0, 0.1) is 5.41 Å². The van der Waals surface area contributed by atoms with Crippen molar-refractivity contribution in [1.29, 1.82) is 0 Å². The molecule has 1 heteroatoms. The van der Waals surface area contributed by atoms with Crippen molar-refractivity contribution in [1.82, 2.24) is 0 Å². The van der Waals surface area contributed by atoms with Gasteiger partial charge in [-0.05, 0) is 57.4 Å². The van der Waals surface area contributed by atoms with Gasteiger partial charge in [-0.15, -0.1) is 0 Å². The van der Waals surface area contributed by atoms with E-state index in [0.29, 0.717) is 0 Å². The topological polar surface area (TPSA) is 17.1 Å². The molecular formula is C15H24O. The molecule has 16 heavy (non-hydrogen) atoms. The first kappa shape index (κ1) is 13.2. The summed E-state index contributed by atoms with van der Waals surface area (Å²) < 4.78 is 0. The molecule has 1 aliphatic rings. The standard InChI is InChI=1S/C15H24O/c1-6-11(3)14(16)13-12(4)9-8-10-15(13,5)7-2/h6H,7-10H2,1-5H3. The Morgan fingerprint density at radius 3 is 2.62 bits per heavy atom. The Hall–Kier alpha value is -0.850. The number of hydrogen-bond donors (Lipinski definition) is 0. The fourth-order valence-corrected chi connectivity index (χ4v) is 2.66. The number of rotatable bonds is 3. The molecule has 0 radical (unpaired) electrons. The zero-order valence-corrected chi connectivity index (χ0v) is 11.3. The van der Waals surface area contributed by atoms with Crippen LogP contribution < -0.4 is 0 Å². The highest BCUT2D eigenvalue weighted by Crippen LogP contribution is 2.44. The van der Waals surface area contributed by atoms with Gasteiger partial charge in [0.1, 0.15) is 0 Å². The van der Waals surface area contributed by atoms with Gasteiger partial charge in [-0.2, -0.15) is 0 Å². The van der Waals surface area contributed by atoms with E-state index in [1.807, 2.05) is 19.9 Å². The van der Waals surface area contributed by atoms with Crippen molar-refractivity contribution in [2.45, 2.75) is 60.3 Å². The number of ketones is 1. The molecule has 0 amide bonds. The lowest BCUT2D eigenvalue weighted by Crippen LogP contribution is -2.28. The van der Waals surface area contributed by atoms with Crippen molar-refractivity contribution < 1.29 is 4.79 Å². The van der Waals surface area contributed by atoms with Crippen LogP contribution in [0.5, 0.6) is 0 Å². The summed E-state index contributed by atoms with van der Waals surface area (Å²) in [6.07, 6.45) is 6.45. The largest absolute Gasteiger partial charge is 0.289 e. The van der Waals surface area contributed by atoms with Crippen molar-refractivity contribution in [2.24, 2.45) is 5.41 Å². The van der Waals surface area contributed by atoms with E-state index in [0.717, 1.165) is 30.4 Å². The SMILES string of the molecule is CC=C(C)C(=O)C1=C(C)CCCC1(C)CC. The van der Waals surface area contributed by atoms with Gasteiger partial charge < -0.3 is 0 Å². The Morgan fingerprint density at radius 1 is 1.50 bits per heavy atom. The van der Waals surface area contributed by atoms with Gasteiger partial charge in [-0.3, -0.25) is 4.79 Å². The number of carbonyl (C=O) groups excluding carboxylic acids is 1. The maximum absolute atomic E-state index is 12.4. The number of hydrogen-bond acceptors (Lipinski definition) is 1. The lowest BCUT2D eigenvalue weighted by atomic mass is 9.67. The zero-order valence-electron chi connectivity index (χ0n) is 11.3. The van der Waals surface area contributed by atoms with Crippen molar-refractivity contribution in [3.8, 4) is 0 Å². The molecule has 0 spiro atoms. The molecule has 90 valence electrons. The normalized spacial score (nSPS) is 27.2. The van der Waals surface area contributed by atoms with E-state index < -0.39 is 0 Å². The molecule has 0 aromatic carbocycles. The van der Waals surface area contributed by atoms with Gasteiger partial charge in [-0.1, -0.05) is 25.5 Å². The molecule has 1 nitrogen and oxygen atoms in total. The van der Waals surface area contributed by atoms with E-state index in [9.17, 15) is 4.79 Å². The Morgan fingerprint density at radius 2 is 2.12 bits per heavy atom. The smallest absolute Gasteiger partial charge is 0.184 e. The number of Topliss-reactive ketones (excluding diaryl/α,β-unsaturated/α-hetero) is 1. The van der Waals surface area contributed by atoms with E-state index in [1.54, 1.807) is 0 Å². The molecule has 0 saturated carbocycles. The summed E-state index contributed by atoms with van der Waals surface area (Å²) in [4.78, 5) is 12.4. The van der Waals surface area contributed by atoms with Crippen molar-refractivity contribution >= 4 is 5.78 Å². The second-order valence-electron chi connectivity index (χ2n) is 5.22. The maximum atomic E-state index is 12.4. The predicted molar refractivity (Wildman–Crippen MR) is 69.4 cm³/mol. The minimum atomic E-state index is 0.101. The molecule has 0 aromatic heterocycles. The summed E-state index contributed by atoms with van der Waals surface area (Å²) in [5.74, 6) is 0.268. The monoisotopic (exact) mass is 220 g/mol. The van der Waals surface area contributed by atoms with Crippen molar-refractivity contribution in [3.63, 3.8) is 0 Å². The Kier molecular flexibility index (Phi) is 4.12. The van der Waals surface area contributed by atoms with Crippen LogP contribution in [0.3, 0.4) is 0 Å². The molecule has 1 unspecified atom stereocenters. The number of carbonyl (C=O) groups is 1. The van der Waals surface area contributed by atoms with Crippen molar-refractivity contribution in [2.75, 3.05) is 0 Å². The first-order chi connectivity index (χ1) is 7.46. The molecule has 0 saturated heterocycles. The minimum Gasteiger partial charge on any atom is -0.289 e. The summed E-state index contributed by atoms with van der Waals surface area (Å²) in [7, 11) is 0. The van der Waals surface area contributed by atoms with Gasteiger partial charge in [0.15, 0.2) is 5.78 Å². The molecule has 1 atom stereocenters. The van der Waals surface area contributed by atoms with E-state index in [1.165, 1.54) is 12.0 Å². The van der Waals surface area contributed by atoms with Gasteiger partial charge in [0.05, 0.1) is 0 Å². The maximum Gasteiger partial charge on any atom is 0.184 e. The summed E-state index contributed by atoms with van der Waals surface area (Å²) in [5, 5.41) is 0. The van der Waals surface area contributed by atoms with Crippen LogP contribution in [0.1, 0.15) is 60.3 Å². The Bertz CT molecular complexity index is 346. The molecule has 0 heterocycles. The lowest BCUT2D eigenvalue weighted by molar-refractivity contribution is -0.113. The van der Waals surface area contributed by atoms with E-state index in [2.05, 4.69) is 20.8 Å². The average molecular weight is 220 g/mol. The fraction of sp³-hybridized carbons (Fsp3) is 0.667. The van der Waals surface area contributed by atoms with Crippen LogP contribution >= 0.6 is 0 Å². The Labute approximate surface area is 99.6 Å². The fourth-order valence-electron chi connectivity index (χ4n) is 2.66. The zero-order chi connectivity index (χ0) is 12.3. The van der Waals surface area contributed by atoms with Crippen LogP contribution in [-0.2, 0) is 4.79 Å². The summed E-state index contributed by atoms with van der Waals surface area (Å²) >= 11 is 0. The summed E-state index contributed by atoms with van der Waals surface area (Å²) in [5.41, 5.74) is 3.39. The van der Waals surface area contributed by atoms with Gasteiger partial charge in [-0.25, -0.2) is 0 Å². The third-order valence-corrected chi connectivity index (χ3v) is 4.11. The third kappa shape index (κ3) is 2.28. The van der Waals surface area contributed by atoms with E-state index in [-0.39, 0.29) is 11.2 Å². The molecule has 1 rings (SSSR count). The third-order valence-electron chi connectivity index (χ3n) is 4.11. The van der Waals surface area contributed by atoms with E-state index in [4.69, 9.17) is 0 Å². The highest BCUT2D eigenvalue weighted by atomic mass is 16.1. The first-order valence-corrected chi connectivity index (χ1v) is 6.34. The Balaban J connectivity index is 3.20. The second kappa shape index (κ2) is 4.99. The molecule has 1 aliphatic carbocycles. The summed E-state index contributed by atoms with van der Waals surface area (Å²) in [6.45, 7) is 10.4. The average Bonchev–Trinajstić information content (AvgIpc) is 2.27. The highest BCUT2D eigenvalue weighted by molar-refractivity contribution is 6.09. The second-order valence-corrected chi connectivity index (χ2v) is 5.22. The van der Waals surface area contributed by atoms with Gasteiger partial charge >= 0.3 is 0 Å². The lowest BCUT2D eigenvalue weighted by Gasteiger charge is -2.36. The molecule has 0 aliphatic heterocycles. The molecule has 0 fully saturated rings. The van der Waals surface area contributed by atoms with Gasteiger partial charge in [0.2, 0.25) is 0 Å². The minimum absolute atomic E-state index is 0.101. The van der Waals surface area contributed by atoms with Crippen LogP contribution in [0.15, 0.2) is 22.8 Å². The van der Waals surface area contributed by atoms with Crippen LogP contribution in [0.25, 0.3) is 0 Å². The van der Waals surface area contributed by atoms with Crippen molar-refractivity contribution in [3.05, 3.63) is 22.8 Å². The molecule has 0 aromatic rings. The highest BCUT2D eigenvalue weighted by Gasteiger charge is 2.35. The number of allylic oxidation sites excluding steroid dienone is 4. The van der Waals surface area contributed by atoms with Crippen LogP contribution in [0.2, 0.25) is 0 Å². The van der Waals surface area contributed by atoms with Gasteiger partial charge in [0.25, 0.3) is 0 Å². The van der Waals surface area contributed by atoms with Gasteiger partial charge in [0, 0.05) is 5.57 Å². The molecular weight excluding hydrogens is 196 g/mol. The van der Waals surface area contributed by atoms with Crippen LogP contribution in [-0.4, -0.2) is 5.78 Å². The van der Waals surface area contributed by atoms with Crippen LogP contribution in [0.4, 0.5) is 0 Å². The molecule has 0 N–H and O–H groups in total. The summed E-state index contributed by atoms with van der Waals surface area (Å²) in [6, 6.07) is 0. The first-order valence-electron chi connectivity index (χ1n) is 6.34.